The van der Waals surface area contributed by atoms with Crippen LogP contribution in [0.3, 0.4) is 0 Å². The van der Waals surface area contributed by atoms with Gasteiger partial charge < -0.3 is 14.2 Å². The molecule has 0 amide bonds. The summed E-state index contributed by atoms with van der Waals surface area (Å²) >= 11 is 0. The maximum Gasteiger partial charge on any atom is 0.143 e. The molecule has 133 valence electrons. The van der Waals surface area contributed by atoms with Gasteiger partial charge in [-0.25, -0.2) is 0 Å². The zero-order valence-electron chi connectivity index (χ0n) is 16.0. The molecule has 0 aliphatic rings. The molecule has 3 nitrogen and oxygen atoms in total. The van der Waals surface area contributed by atoms with Crippen molar-refractivity contribution in [2.24, 2.45) is 0 Å². The van der Waals surface area contributed by atoms with Crippen LogP contribution in [0.1, 0.15) is 18.1 Å². The van der Waals surface area contributed by atoms with Crippen LogP contribution in [0.25, 0.3) is 0 Å². The lowest BCUT2D eigenvalue weighted by atomic mass is 9.80. The minimum absolute atomic E-state index is 0.187. The molecule has 3 heteroatoms. The molecule has 0 atom stereocenters. The van der Waals surface area contributed by atoms with Gasteiger partial charge in [-0.2, -0.15) is 0 Å². The summed E-state index contributed by atoms with van der Waals surface area (Å²) in [6.07, 6.45) is 0. The fourth-order valence-corrected chi connectivity index (χ4v) is 3.20. The van der Waals surface area contributed by atoms with Gasteiger partial charge in [-0.3, -0.25) is 0 Å². The molecule has 0 aliphatic carbocycles. The first kappa shape index (κ1) is 16.7. The zero-order chi connectivity index (χ0) is 19.1. The highest BCUT2D eigenvalue weighted by Gasteiger charge is 2.37. The van der Waals surface area contributed by atoms with Crippen LogP contribution in [0.15, 0.2) is 78.9 Å². The van der Waals surface area contributed by atoms with Gasteiger partial charge in [0.25, 0.3) is 0 Å². The molecule has 1 radical (unpaired) electrons. The van der Waals surface area contributed by atoms with E-state index in [0.29, 0.717) is 0 Å². The van der Waals surface area contributed by atoms with Gasteiger partial charge in [-0.1, -0.05) is 54.6 Å². The van der Waals surface area contributed by atoms with E-state index in [1.165, 1.54) is 6.90 Å². The molecule has 26 heavy (non-hydrogen) atoms. The average molecular weight is 349 g/mol. The second kappa shape index (κ2) is 8.07. The Morgan fingerprint density at radius 3 is 1.62 bits per heavy atom. The second-order valence-electron chi connectivity index (χ2n) is 5.82. The summed E-state index contributed by atoms with van der Waals surface area (Å²) in [5, 5.41) is 0. The van der Waals surface area contributed by atoms with Gasteiger partial charge in [0, 0.05) is 7.98 Å². The van der Waals surface area contributed by atoms with E-state index in [4.69, 9.17) is 15.6 Å². The number of hydrogen-bond donors (Lipinski definition) is 0. The van der Waals surface area contributed by atoms with Crippen LogP contribution >= 0.6 is 0 Å². The van der Waals surface area contributed by atoms with E-state index in [1.54, 1.807) is 14.2 Å². The predicted octanol–water partition coefficient (Wildman–Crippen LogP) is 4.85. The lowest BCUT2D eigenvalue weighted by molar-refractivity contribution is 0.0309. The molecule has 0 N–H and O–H groups in total. The quantitative estimate of drug-likeness (QED) is 0.544. The lowest BCUT2D eigenvalue weighted by Crippen LogP contribution is -2.33. The largest absolute Gasteiger partial charge is 0.497 e. The molecule has 3 aromatic rings. The lowest BCUT2D eigenvalue weighted by Gasteiger charge is -2.35. The highest BCUT2D eigenvalue weighted by atomic mass is 16.5. The Morgan fingerprint density at radius 2 is 1.19 bits per heavy atom. The van der Waals surface area contributed by atoms with Crippen LogP contribution in [0.4, 0.5) is 0 Å². The molecule has 0 fully saturated rings. The number of hydrogen-bond acceptors (Lipinski definition) is 3. The summed E-state index contributed by atoms with van der Waals surface area (Å²) in [7, 11) is 3.29. The Balaban J connectivity index is 2.22. The van der Waals surface area contributed by atoms with Gasteiger partial charge in [-0.05, 0) is 47.9 Å². The van der Waals surface area contributed by atoms with Gasteiger partial charge >= 0.3 is 0 Å². The summed E-state index contributed by atoms with van der Waals surface area (Å²) in [4.78, 5) is 0. The van der Waals surface area contributed by atoms with E-state index in [2.05, 4.69) is 0 Å². The fourth-order valence-electron chi connectivity index (χ4n) is 3.20. The Labute approximate surface area is 156 Å². The third-order valence-electron chi connectivity index (χ3n) is 4.47. The molecule has 0 saturated heterocycles. The van der Waals surface area contributed by atoms with Crippen molar-refractivity contribution in [3.05, 3.63) is 102 Å². The molecular weight excluding hydrogens is 324 g/mol. The topological polar surface area (TPSA) is 27.7 Å². The molecule has 0 spiro atoms. The first-order valence-electron chi connectivity index (χ1n) is 9.01. The Bertz CT molecular complexity index is 782. The van der Waals surface area contributed by atoms with Crippen molar-refractivity contribution in [1.29, 1.82) is 0 Å². The summed E-state index contributed by atoms with van der Waals surface area (Å²) in [5.41, 5.74) is 2.06. The summed E-state index contributed by atoms with van der Waals surface area (Å²) < 4.78 is 24.5. The Hall–Kier alpha value is -2.78. The van der Waals surface area contributed by atoms with E-state index in [0.717, 1.165) is 28.2 Å². The highest BCUT2D eigenvalue weighted by Crippen LogP contribution is 2.41. The molecule has 0 unspecified atom stereocenters. The van der Waals surface area contributed by atoms with Crippen LogP contribution in [-0.4, -0.2) is 20.8 Å². The number of benzene rings is 3. The smallest absolute Gasteiger partial charge is 0.143 e. The molecule has 0 heterocycles. The van der Waals surface area contributed by atoms with E-state index in [1.807, 2.05) is 78.9 Å². The standard InChI is InChI=1S/C23H23O3/c1-4-26-23(18-8-6-5-7-9-18,19-10-14-21(24-2)15-11-19)20-12-16-22(25-3)17-13-20/h5-17H,1,4H2,2-3H3/i1T. The molecule has 3 rings (SSSR count). The Kier molecular flexibility index (Phi) is 5.17. The molecule has 0 bridgehead atoms. The van der Waals surface area contributed by atoms with Crippen LogP contribution in [0.2, 0.25) is 0 Å². The van der Waals surface area contributed by atoms with E-state index >= 15 is 0 Å². The highest BCUT2D eigenvalue weighted by molar-refractivity contribution is 5.49. The summed E-state index contributed by atoms with van der Waals surface area (Å²) in [5.74, 6) is 1.56. The Morgan fingerprint density at radius 1 is 0.731 bits per heavy atom. The second-order valence-corrected chi connectivity index (χ2v) is 5.82. The predicted molar refractivity (Wildman–Crippen MR) is 104 cm³/mol. The maximum absolute atomic E-state index is 7.51. The zero-order valence-corrected chi connectivity index (χ0v) is 15.0. The first-order chi connectivity index (χ1) is 13.2. The third kappa shape index (κ3) is 3.31. The molecule has 3 aromatic carbocycles. The number of ether oxygens (including phenoxy) is 3. The summed E-state index contributed by atoms with van der Waals surface area (Å²) in [6, 6.07) is 25.7. The van der Waals surface area contributed by atoms with Crippen molar-refractivity contribution in [2.75, 3.05) is 20.8 Å². The molecule has 0 aliphatic heterocycles. The van der Waals surface area contributed by atoms with Crippen molar-refractivity contribution < 1.29 is 15.6 Å². The minimum Gasteiger partial charge on any atom is -0.497 e. The van der Waals surface area contributed by atoms with Gasteiger partial charge in [0.2, 0.25) is 0 Å². The van der Waals surface area contributed by atoms with Crippen molar-refractivity contribution in [1.82, 2.24) is 0 Å². The first-order valence-corrected chi connectivity index (χ1v) is 8.43. The van der Waals surface area contributed by atoms with Crippen molar-refractivity contribution in [2.45, 2.75) is 5.60 Å². The van der Waals surface area contributed by atoms with Crippen molar-refractivity contribution in [3.8, 4) is 11.5 Å². The van der Waals surface area contributed by atoms with Gasteiger partial charge in [0.1, 0.15) is 17.1 Å². The van der Waals surface area contributed by atoms with Gasteiger partial charge in [0.15, 0.2) is 0 Å². The monoisotopic (exact) mass is 349 g/mol. The van der Waals surface area contributed by atoms with E-state index in [9.17, 15) is 0 Å². The summed E-state index contributed by atoms with van der Waals surface area (Å²) in [6.45, 7) is 1.46. The van der Waals surface area contributed by atoms with Crippen molar-refractivity contribution in [3.63, 3.8) is 0 Å². The normalized spacial score (nSPS) is 11.7. The number of methoxy groups -OCH3 is 2. The van der Waals surface area contributed by atoms with Crippen LogP contribution < -0.4 is 9.47 Å². The molecule has 0 saturated carbocycles. The van der Waals surface area contributed by atoms with Gasteiger partial charge in [-0.15, -0.1) is 0 Å². The van der Waals surface area contributed by atoms with Crippen LogP contribution in [-0.2, 0) is 10.3 Å². The molecule has 0 aromatic heterocycles. The SMILES string of the molecule is [3H][CH]COC(c1ccccc1)(c1ccc(OC)cc1)c1ccc(OC)cc1. The van der Waals surface area contributed by atoms with E-state index < -0.39 is 5.60 Å². The van der Waals surface area contributed by atoms with Crippen LogP contribution in [0.5, 0.6) is 11.5 Å². The third-order valence-corrected chi connectivity index (χ3v) is 4.47. The fraction of sp³-hybridized carbons (Fsp3) is 0.174. The van der Waals surface area contributed by atoms with Gasteiger partial charge in [0.05, 0.1) is 14.2 Å². The average Bonchev–Trinajstić information content (AvgIpc) is 2.76. The van der Waals surface area contributed by atoms with Crippen LogP contribution in [0, 0.1) is 6.90 Å². The van der Waals surface area contributed by atoms with Crippen molar-refractivity contribution >= 4 is 0 Å². The number of rotatable bonds is 8. The maximum atomic E-state index is 7.51. The molecular formula is C23H23O3. The van der Waals surface area contributed by atoms with E-state index in [-0.39, 0.29) is 6.61 Å². The minimum atomic E-state index is -0.850.